The van der Waals surface area contributed by atoms with Gasteiger partial charge < -0.3 is 10.5 Å². The van der Waals surface area contributed by atoms with Crippen LogP contribution in [0.25, 0.3) is 0 Å². The van der Waals surface area contributed by atoms with Crippen LogP contribution < -0.4 is 10.5 Å². The van der Waals surface area contributed by atoms with Crippen LogP contribution in [0.4, 0.5) is 5.69 Å². The standard InChI is InChI=1S/C12H9N3O/c13-11-8-4-3-7-14-12(8)16-10-6-2-1-5-9(10)15-11/h1-7H,(H2,13,15). The number of rotatable bonds is 0. The van der Waals surface area contributed by atoms with Crippen LogP contribution in [0.3, 0.4) is 0 Å². The van der Waals surface area contributed by atoms with E-state index in [0.29, 0.717) is 17.5 Å². The highest BCUT2D eigenvalue weighted by molar-refractivity contribution is 6.02. The molecule has 0 amide bonds. The number of aromatic nitrogens is 1. The number of aliphatic imine (C=N–C) groups is 1. The van der Waals surface area contributed by atoms with Gasteiger partial charge in [0.1, 0.15) is 11.5 Å². The molecule has 0 spiro atoms. The summed E-state index contributed by atoms with van der Waals surface area (Å²) in [6.45, 7) is 0. The van der Waals surface area contributed by atoms with Gasteiger partial charge in [-0.25, -0.2) is 9.98 Å². The van der Waals surface area contributed by atoms with Gasteiger partial charge in [0.15, 0.2) is 5.75 Å². The molecular weight excluding hydrogens is 202 g/mol. The van der Waals surface area contributed by atoms with Crippen LogP contribution in [0, 0.1) is 0 Å². The second-order valence-corrected chi connectivity index (χ2v) is 3.42. The highest BCUT2D eigenvalue weighted by Crippen LogP contribution is 2.34. The Balaban J connectivity index is 2.25. The first-order chi connectivity index (χ1) is 7.84. The molecule has 4 nitrogen and oxygen atoms in total. The minimum absolute atomic E-state index is 0.424. The van der Waals surface area contributed by atoms with Gasteiger partial charge >= 0.3 is 0 Å². The summed E-state index contributed by atoms with van der Waals surface area (Å²) in [5.74, 6) is 1.59. The van der Waals surface area contributed by atoms with E-state index in [0.717, 1.165) is 11.3 Å². The molecule has 0 saturated carbocycles. The van der Waals surface area contributed by atoms with Crippen LogP contribution in [-0.2, 0) is 0 Å². The molecule has 0 aliphatic carbocycles. The summed E-state index contributed by atoms with van der Waals surface area (Å²) in [4.78, 5) is 8.46. The molecule has 0 bridgehead atoms. The van der Waals surface area contributed by atoms with Crippen LogP contribution in [0.5, 0.6) is 11.6 Å². The predicted octanol–water partition coefficient (Wildman–Crippen LogP) is 2.22. The Hall–Kier alpha value is -2.36. The molecule has 0 fully saturated rings. The summed E-state index contributed by atoms with van der Waals surface area (Å²) in [6, 6.07) is 11.1. The number of nitrogens with zero attached hydrogens (tertiary/aromatic N) is 2. The zero-order chi connectivity index (χ0) is 11.0. The highest BCUT2D eigenvalue weighted by Gasteiger charge is 2.15. The molecule has 4 heteroatoms. The van der Waals surface area contributed by atoms with Crippen molar-refractivity contribution in [2.24, 2.45) is 10.7 Å². The minimum atomic E-state index is 0.424. The van der Waals surface area contributed by atoms with E-state index in [9.17, 15) is 0 Å². The number of amidine groups is 1. The first kappa shape index (κ1) is 8.91. The fourth-order valence-electron chi connectivity index (χ4n) is 1.60. The van der Waals surface area contributed by atoms with E-state index in [2.05, 4.69) is 9.98 Å². The van der Waals surface area contributed by atoms with E-state index < -0.39 is 0 Å². The number of fused-ring (bicyclic) bond motifs is 2. The zero-order valence-corrected chi connectivity index (χ0v) is 8.42. The first-order valence-electron chi connectivity index (χ1n) is 4.91. The molecule has 2 N–H and O–H groups in total. The van der Waals surface area contributed by atoms with E-state index in [4.69, 9.17) is 10.5 Å². The first-order valence-corrected chi connectivity index (χ1v) is 4.91. The molecule has 2 heterocycles. The van der Waals surface area contributed by atoms with Crippen LogP contribution in [0.2, 0.25) is 0 Å². The summed E-state index contributed by atoms with van der Waals surface area (Å²) in [6.07, 6.45) is 1.67. The Labute approximate surface area is 92.4 Å². The maximum Gasteiger partial charge on any atom is 0.230 e. The quantitative estimate of drug-likeness (QED) is 0.726. The second-order valence-electron chi connectivity index (χ2n) is 3.42. The summed E-state index contributed by atoms with van der Waals surface area (Å²) in [5, 5.41) is 0. The third kappa shape index (κ3) is 1.32. The van der Waals surface area contributed by atoms with Crippen molar-refractivity contribution in [1.82, 2.24) is 4.98 Å². The van der Waals surface area contributed by atoms with Gasteiger partial charge in [0.25, 0.3) is 0 Å². The van der Waals surface area contributed by atoms with Gasteiger partial charge in [0, 0.05) is 6.20 Å². The lowest BCUT2D eigenvalue weighted by Crippen LogP contribution is -2.13. The average molecular weight is 211 g/mol. The second kappa shape index (κ2) is 3.34. The van der Waals surface area contributed by atoms with Crippen molar-refractivity contribution >= 4 is 11.5 Å². The Kier molecular flexibility index (Phi) is 1.86. The molecule has 0 unspecified atom stereocenters. The molecule has 1 aliphatic heterocycles. The monoisotopic (exact) mass is 211 g/mol. The van der Waals surface area contributed by atoms with Gasteiger partial charge in [0.05, 0.1) is 5.56 Å². The molecule has 1 aromatic heterocycles. The smallest absolute Gasteiger partial charge is 0.230 e. The van der Waals surface area contributed by atoms with E-state index in [1.807, 2.05) is 30.3 Å². The van der Waals surface area contributed by atoms with E-state index >= 15 is 0 Å². The Morgan fingerprint density at radius 3 is 2.88 bits per heavy atom. The van der Waals surface area contributed by atoms with Crippen LogP contribution in [0.15, 0.2) is 47.6 Å². The lowest BCUT2D eigenvalue weighted by molar-refractivity contribution is 0.465. The number of ether oxygens (including phenoxy) is 1. The molecule has 1 aliphatic rings. The summed E-state index contributed by atoms with van der Waals surface area (Å²) >= 11 is 0. The minimum Gasteiger partial charge on any atom is -0.436 e. The van der Waals surface area contributed by atoms with Crippen molar-refractivity contribution in [3.05, 3.63) is 48.2 Å². The summed E-state index contributed by atoms with van der Waals surface area (Å²) in [5.41, 5.74) is 7.33. The summed E-state index contributed by atoms with van der Waals surface area (Å²) < 4.78 is 5.67. The number of nitrogens with two attached hydrogens (primary N) is 1. The number of benzene rings is 1. The van der Waals surface area contributed by atoms with E-state index in [1.165, 1.54) is 0 Å². The molecule has 0 saturated heterocycles. The zero-order valence-electron chi connectivity index (χ0n) is 8.42. The van der Waals surface area contributed by atoms with Gasteiger partial charge in [-0.05, 0) is 24.3 Å². The van der Waals surface area contributed by atoms with Crippen LogP contribution in [0.1, 0.15) is 5.56 Å². The van der Waals surface area contributed by atoms with Gasteiger partial charge in [-0.15, -0.1) is 0 Å². The highest BCUT2D eigenvalue weighted by atomic mass is 16.5. The van der Waals surface area contributed by atoms with Crippen LogP contribution >= 0.6 is 0 Å². The Bertz CT molecular complexity index is 578. The van der Waals surface area contributed by atoms with Crippen LogP contribution in [-0.4, -0.2) is 10.8 Å². The molecule has 0 atom stereocenters. The largest absolute Gasteiger partial charge is 0.436 e. The number of hydrogen-bond acceptors (Lipinski definition) is 4. The van der Waals surface area contributed by atoms with E-state index in [1.54, 1.807) is 12.3 Å². The van der Waals surface area contributed by atoms with Crippen molar-refractivity contribution in [3.63, 3.8) is 0 Å². The van der Waals surface area contributed by atoms with Gasteiger partial charge in [-0.2, -0.15) is 0 Å². The lowest BCUT2D eigenvalue weighted by Gasteiger charge is -2.05. The number of pyridine rings is 1. The number of hydrogen-bond donors (Lipinski definition) is 1. The predicted molar refractivity (Wildman–Crippen MR) is 61.1 cm³/mol. The third-order valence-electron chi connectivity index (χ3n) is 2.36. The maximum absolute atomic E-state index is 5.89. The molecule has 1 aromatic carbocycles. The van der Waals surface area contributed by atoms with Crippen molar-refractivity contribution < 1.29 is 4.74 Å². The van der Waals surface area contributed by atoms with E-state index in [-0.39, 0.29) is 0 Å². The van der Waals surface area contributed by atoms with Gasteiger partial charge in [-0.1, -0.05) is 12.1 Å². The van der Waals surface area contributed by atoms with Crippen molar-refractivity contribution in [2.75, 3.05) is 0 Å². The van der Waals surface area contributed by atoms with Gasteiger partial charge in [0.2, 0.25) is 5.88 Å². The Morgan fingerprint density at radius 1 is 1.06 bits per heavy atom. The maximum atomic E-state index is 5.89. The van der Waals surface area contributed by atoms with Crippen molar-refractivity contribution in [3.8, 4) is 11.6 Å². The Morgan fingerprint density at radius 2 is 1.94 bits per heavy atom. The molecule has 0 radical (unpaired) electrons. The number of para-hydroxylation sites is 2. The molecule has 16 heavy (non-hydrogen) atoms. The third-order valence-corrected chi connectivity index (χ3v) is 2.36. The summed E-state index contributed by atoms with van der Waals surface area (Å²) in [7, 11) is 0. The lowest BCUT2D eigenvalue weighted by atomic mass is 10.2. The average Bonchev–Trinajstić information content (AvgIpc) is 2.45. The fourth-order valence-corrected chi connectivity index (χ4v) is 1.60. The molecular formula is C12H9N3O. The van der Waals surface area contributed by atoms with Crippen molar-refractivity contribution in [2.45, 2.75) is 0 Å². The normalized spacial score (nSPS) is 12.9. The molecule has 3 rings (SSSR count). The van der Waals surface area contributed by atoms with Crippen molar-refractivity contribution in [1.29, 1.82) is 0 Å². The molecule has 2 aromatic rings. The molecule has 78 valence electrons. The topological polar surface area (TPSA) is 60.5 Å². The fraction of sp³-hybridized carbons (Fsp3) is 0. The SMILES string of the molecule is NC1=Nc2ccccc2Oc2ncccc21. The van der Waals surface area contributed by atoms with Gasteiger partial charge in [-0.3, -0.25) is 0 Å².